The monoisotopic (exact) mass is 351 g/mol. The summed E-state index contributed by atoms with van der Waals surface area (Å²) < 4.78 is 15.1. The third kappa shape index (κ3) is 3.58. The van der Waals surface area contributed by atoms with Gasteiger partial charge in [-0.15, -0.1) is 0 Å². The molecule has 0 atom stereocenters. The van der Waals surface area contributed by atoms with Crippen LogP contribution >= 0.6 is 15.9 Å². The van der Waals surface area contributed by atoms with Crippen molar-refractivity contribution in [1.82, 2.24) is 4.98 Å². The van der Waals surface area contributed by atoms with Gasteiger partial charge in [0.25, 0.3) is 5.91 Å². The Morgan fingerprint density at radius 1 is 1.38 bits per heavy atom. The first-order chi connectivity index (χ1) is 10.0. The number of amides is 1. The van der Waals surface area contributed by atoms with Gasteiger partial charge in [0.05, 0.1) is 5.56 Å². The highest BCUT2D eigenvalue weighted by molar-refractivity contribution is 9.10. The van der Waals surface area contributed by atoms with E-state index in [2.05, 4.69) is 31.5 Å². The number of hydrogen-bond donors (Lipinski definition) is 2. The Labute approximate surface area is 130 Å². The minimum Gasteiger partial charge on any atom is -0.368 e. The maximum Gasteiger partial charge on any atom is 0.258 e. The standard InChI is InChI=1S/C15H15BrFN3O/c1-3-18-14-13(17)11(6-7-19-14)15(21)20-10-4-5-12(16)9(2)8-10/h4-8H,3H2,1-2H3,(H,18,19)(H,20,21). The van der Waals surface area contributed by atoms with Crippen molar-refractivity contribution in [3.05, 3.63) is 51.9 Å². The van der Waals surface area contributed by atoms with Crippen LogP contribution in [0.3, 0.4) is 0 Å². The van der Waals surface area contributed by atoms with Crippen molar-refractivity contribution in [3.63, 3.8) is 0 Å². The van der Waals surface area contributed by atoms with E-state index in [0.29, 0.717) is 12.2 Å². The van der Waals surface area contributed by atoms with Gasteiger partial charge in [0.2, 0.25) is 0 Å². The molecule has 2 aromatic rings. The van der Waals surface area contributed by atoms with Gasteiger partial charge in [-0.25, -0.2) is 9.37 Å². The predicted molar refractivity (Wildman–Crippen MR) is 85.2 cm³/mol. The molecule has 0 saturated carbocycles. The number of benzene rings is 1. The van der Waals surface area contributed by atoms with Gasteiger partial charge in [-0.1, -0.05) is 15.9 Å². The van der Waals surface area contributed by atoms with E-state index in [0.717, 1.165) is 10.0 Å². The fraction of sp³-hybridized carbons (Fsp3) is 0.200. The third-order valence-electron chi connectivity index (χ3n) is 2.89. The van der Waals surface area contributed by atoms with E-state index < -0.39 is 11.7 Å². The first kappa shape index (κ1) is 15.4. The average Bonchev–Trinajstić information content (AvgIpc) is 2.45. The van der Waals surface area contributed by atoms with Crippen LogP contribution in [0.5, 0.6) is 0 Å². The highest BCUT2D eigenvalue weighted by Gasteiger charge is 2.16. The van der Waals surface area contributed by atoms with Crippen molar-refractivity contribution >= 4 is 33.3 Å². The molecule has 1 aromatic carbocycles. The minimum absolute atomic E-state index is 0.0403. The Bertz CT molecular complexity index is 676. The molecule has 0 bridgehead atoms. The Morgan fingerprint density at radius 3 is 2.81 bits per heavy atom. The Morgan fingerprint density at radius 2 is 2.14 bits per heavy atom. The molecule has 0 fully saturated rings. The van der Waals surface area contributed by atoms with Gasteiger partial charge in [0, 0.05) is 22.9 Å². The highest BCUT2D eigenvalue weighted by Crippen LogP contribution is 2.21. The number of aryl methyl sites for hydroxylation is 1. The molecule has 1 aromatic heterocycles. The van der Waals surface area contributed by atoms with Crippen molar-refractivity contribution in [1.29, 1.82) is 0 Å². The lowest BCUT2D eigenvalue weighted by atomic mass is 10.2. The van der Waals surface area contributed by atoms with Crippen LogP contribution < -0.4 is 10.6 Å². The summed E-state index contributed by atoms with van der Waals surface area (Å²) in [6.45, 7) is 4.27. The van der Waals surface area contributed by atoms with Crippen LogP contribution in [-0.2, 0) is 0 Å². The number of nitrogens with one attached hydrogen (secondary N) is 2. The molecule has 2 rings (SSSR count). The molecule has 6 heteroatoms. The van der Waals surface area contributed by atoms with E-state index in [1.165, 1.54) is 12.3 Å². The molecule has 2 N–H and O–H groups in total. The molecule has 21 heavy (non-hydrogen) atoms. The molecule has 0 spiro atoms. The number of halogens is 2. The van der Waals surface area contributed by atoms with Gasteiger partial charge in [0.15, 0.2) is 11.6 Å². The van der Waals surface area contributed by atoms with Crippen molar-refractivity contribution in [2.75, 3.05) is 17.2 Å². The van der Waals surface area contributed by atoms with Crippen LogP contribution in [0.25, 0.3) is 0 Å². The first-order valence-corrected chi connectivity index (χ1v) is 7.28. The summed E-state index contributed by atoms with van der Waals surface area (Å²) in [5, 5.41) is 5.46. The number of carbonyl (C=O) groups excluding carboxylic acids is 1. The van der Waals surface area contributed by atoms with Crippen LogP contribution in [0.15, 0.2) is 34.9 Å². The molecule has 1 heterocycles. The Balaban J connectivity index is 2.24. The number of hydrogen-bond acceptors (Lipinski definition) is 3. The Kier molecular flexibility index (Phi) is 4.90. The topological polar surface area (TPSA) is 54.0 Å². The van der Waals surface area contributed by atoms with Crippen molar-refractivity contribution in [3.8, 4) is 0 Å². The zero-order chi connectivity index (χ0) is 15.4. The highest BCUT2D eigenvalue weighted by atomic mass is 79.9. The SMILES string of the molecule is CCNc1nccc(C(=O)Nc2ccc(Br)c(C)c2)c1F. The summed E-state index contributed by atoms with van der Waals surface area (Å²) in [7, 11) is 0. The first-order valence-electron chi connectivity index (χ1n) is 6.48. The number of pyridine rings is 1. The lowest BCUT2D eigenvalue weighted by Gasteiger charge is -2.10. The lowest BCUT2D eigenvalue weighted by Crippen LogP contribution is -2.15. The molecule has 0 unspecified atom stereocenters. The van der Waals surface area contributed by atoms with E-state index in [9.17, 15) is 9.18 Å². The van der Waals surface area contributed by atoms with Gasteiger partial charge >= 0.3 is 0 Å². The lowest BCUT2D eigenvalue weighted by molar-refractivity contribution is 0.102. The van der Waals surface area contributed by atoms with Crippen molar-refractivity contribution in [2.24, 2.45) is 0 Å². The second-order valence-corrected chi connectivity index (χ2v) is 5.32. The largest absolute Gasteiger partial charge is 0.368 e. The number of rotatable bonds is 4. The normalized spacial score (nSPS) is 10.3. The van der Waals surface area contributed by atoms with Gasteiger partial charge in [-0.05, 0) is 43.7 Å². The van der Waals surface area contributed by atoms with E-state index >= 15 is 0 Å². The summed E-state index contributed by atoms with van der Waals surface area (Å²) in [6, 6.07) is 6.75. The third-order valence-corrected chi connectivity index (χ3v) is 3.78. The number of aromatic nitrogens is 1. The van der Waals surface area contributed by atoms with Gasteiger partial charge in [0.1, 0.15) is 0 Å². The maximum atomic E-state index is 14.2. The smallest absolute Gasteiger partial charge is 0.258 e. The van der Waals surface area contributed by atoms with Gasteiger partial charge in [-0.2, -0.15) is 0 Å². The second kappa shape index (κ2) is 6.67. The maximum absolute atomic E-state index is 14.2. The van der Waals surface area contributed by atoms with Crippen LogP contribution in [0.1, 0.15) is 22.8 Å². The minimum atomic E-state index is -0.648. The zero-order valence-electron chi connectivity index (χ0n) is 11.7. The second-order valence-electron chi connectivity index (χ2n) is 4.47. The molecular formula is C15H15BrFN3O. The molecule has 4 nitrogen and oxygen atoms in total. The van der Waals surface area contributed by atoms with E-state index in [1.54, 1.807) is 6.07 Å². The van der Waals surface area contributed by atoms with E-state index in [4.69, 9.17) is 0 Å². The fourth-order valence-electron chi connectivity index (χ4n) is 1.83. The molecular weight excluding hydrogens is 337 g/mol. The van der Waals surface area contributed by atoms with Crippen LogP contribution in [0, 0.1) is 12.7 Å². The predicted octanol–water partition coefficient (Wildman–Crippen LogP) is 3.98. The molecule has 0 radical (unpaired) electrons. The summed E-state index contributed by atoms with van der Waals surface area (Å²) >= 11 is 3.39. The molecule has 1 amide bonds. The average molecular weight is 352 g/mol. The summed E-state index contributed by atoms with van der Waals surface area (Å²) in [5.74, 6) is -1.07. The van der Waals surface area contributed by atoms with Gasteiger partial charge in [-0.3, -0.25) is 4.79 Å². The molecule has 0 aliphatic carbocycles. The van der Waals surface area contributed by atoms with Crippen molar-refractivity contribution in [2.45, 2.75) is 13.8 Å². The van der Waals surface area contributed by atoms with E-state index in [-0.39, 0.29) is 11.4 Å². The van der Waals surface area contributed by atoms with Crippen LogP contribution in [-0.4, -0.2) is 17.4 Å². The zero-order valence-corrected chi connectivity index (χ0v) is 13.3. The molecule has 110 valence electrons. The summed E-state index contributed by atoms with van der Waals surface area (Å²) in [6.07, 6.45) is 1.41. The Hall–Kier alpha value is -1.95. The van der Waals surface area contributed by atoms with Gasteiger partial charge < -0.3 is 10.6 Å². The summed E-state index contributed by atoms with van der Waals surface area (Å²) in [4.78, 5) is 16.0. The number of nitrogens with zero attached hydrogens (tertiary/aromatic N) is 1. The quantitative estimate of drug-likeness (QED) is 0.875. The fourth-order valence-corrected chi connectivity index (χ4v) is 2.08. The van der Waals surface area contributed by atoms with Crippen LogP contribution in [0.2, 0.25) is 0 Å². The molecule has 0 saturated heterocycles. The van der Waals surface area contributed by atoms with Crippen LogP contribution in [0.4, 0.5) is 15.9 Å². The molecule has 0 aliphatic rings. The van der Waals surface area contributed by atoms with Crippen molar-refractivity contribution < 1.29 is 9.18 Å². The van der Waals surface area contributed by atoms with E-state index in [1.807, 2.05) is 26.0 Å². The number of carbonyl (C=O) groups is 1. The summed E-state index contributed by atoms with van der Waals surface area (Å²) in [5.41, 5.74) is 1.56. The molecule has 0 aliphatic heterocycles. The number of anilines is 2.